The molecule has 0 saturated heterocycles. The molecule has 0 bridgehead atoms. The summed E-state index contributed by atoms with van der Waals surface area (Å²) in [5.74, 6) is 2.02. The quantitative estimate of drug-likeness (QED) is 0.349. The summed E-state index contributed by atoms with van der Waals surface area (Å²) in [6, 6.07) is 15.5. The molecule has 2 heterocycles. The molecule has 4 rings (SSSR count). The Bertz CT molecular complexity index is 1420. The van der Waals surface area contributed by atoms with Gasteiger partial charge in [0.15, 0.2) is 9.84 Å². The van der Waals surface area contributed by atoms with Crippen molar-refractivity contribution < 1.29 is 8.42 Å². The van der Waals surface area contributed by atoms with Crippen molar-refractivity contribution in [2.24, 2.45) is 7.05 Å². The number of sulfone groups is 1. The third kappa shape index (κ3) is 6.40. The molecule has 9 nitrogen and oxygen atoms in total. The zero-order valence-electron chi connectivity index (χ0n) is 20.3. The normalized spacial score (nSPS) is 11.4. The molecule has 0 saturated carbocycles. The first-order valence-corrected chi connectivity index (χ1v) is 13.0. The van der Waals surface area contributed by atoms with Gasteiger partial charge in [-0.25, -0.2) is 18.4 Å². The van der Waals surface area contributed by atoms with Gasteiger partial charge in [-0.15, -0.1) is 12.4 Å². The number of benzene rings is 2. The van der Waals surface area contributed by atoms with E-state index in [9.17, 15) is 8.42 Å². The van der Waals surface area contributed by atoms with Crippen LogP contribution in [0.2, 0.25) is 0 Å². The van der Waals surface area contributed by atoms with Crippen LogP contribution in [0.1, 0.15) is 19.4 Å². The van der Waals surface area contributed by atoms with Gasteiger partial charge >= 0.3 is 0 Å². The number of nitrogens with zero attached hydrogens (tertiary/aromatic N) is 5. The van der Waals surface area contributed by atoms with Gasteiger partial charge in [0.25, 0.3) is 0 Å². The standard InChI is InChI=1S/C24H29N7O2S.ClH/c1-16(2)26-24-28-20-14-19(10-11-21(20)31(24)4)30(3)22-12-13-25-23(29-22)27-18-8-6-17(7-9-18)15-34(5,32)33;/h6-14,16H,15H2,1-5H3,(H,26,28)(H,25,27,29);1H. The van der Waals surface area contributed by atoms with Crippen molar-refractivity contribution in [1.82, 2.24) is 19.5 Å². The number of rotatable bonds is 8. The van der Waals surface area contributed by atoms with Gasteiger partial charge in [-0.2, -0.15) is 4.98 Å². The van der Waals surface area contributed by atoms with Gasteiger partial charge in [0, 0.05) is 44.0 Å². The second-order valence-electron chi connectivity index (χ2n) is 8.66. The van der Waals surface area contributed by atoms with Crippen LogP contribution in [-0.2, 0) is 22.6 Å². The van der Waals surface area contributed by atoms with E-state index in [1.165, 1.54) is 6.26 Å². The molecular weight excluding hydrogens is 486 g/mol. The largest absolute Gasteiger partial charge is 0.353 e. The molecule has 186 valence electrons. The van der Waals surface area contributed by atoms with E-state index in [4.69, 9.17) is 4.98 Å². The molecule has 0 aliphatic rings. The third-order valence-corrected chi connectivity index (χ3v) is 6.15. The summed E-state index contributed by atoms with van der Waals surface area (Å²) in [7, 11) is 0.877. The monoisotopic (exact) mass is 515 g/mol. The molecule has 0 fully saturated rings. The lowest BCUT2D eigenvalue weighted by Crippen LogP contribution is -2.13. The van der Waals surface area contributed by atoms with E-state index in [0.717, 1.165) is 39.7 Å². The third-order valence-electron chi connectivity index (χ3n) is 5.29. The number of fused-ring (bicyclic) bond motifs is 1. The van der Waals surface area contributed by atoms with E-state index < -0.39 is 9.84 Å². The molecule has 0 unspecified atom stereocenters. The van der Waals surface area contributed by atoms with Crippen LogP contribution >= 0.6 is 12.4 Å². The number of aromatic nitrogens is 4. The average Bonchev–Trinajstić information content (AvgIpc) is 3.08. The minimum Gasteiger partial charge on any atom is -0.353 e. The first-order chi connectivity index (χ1) is 16.1. The smallest absolute Gasteiger partial charge is 0.229 e. The first-order valence-electron chi connectivity index (χ1n) is 10.9. The van der Waals surface area contributed by atoms with Gasteiger partial charge in [-0.3, -0.25) is 0 Å². The molecule has 11 heteroatoms. The van der Waals surface area contributed by atoms with Gasteiger partial charge < -0.3 is 20.1 Å². The maximum absolute atomic E-state index is 11.5. The van der Waals surface area contributed by atoms with Crippen molar-refractivity contribution in [1.29, 1.82) is 0 Å². The van der Waals surface area contributed by atoms with E-state index in [-0.39, 0.29) is 18.2 Å². The molecular formula is C24H30ClN7O2S. The SMILES string of the molecule is CC(C)Nc1nc2cc(N(C)c3ccnc(Nc4ccc(CS(C)(=O)=O)cc4)n3)ccc2n1C.Cl. The summed E-state index contributed by atoms with van der Waals surface area (Å²) in [5.41, 5.74) is 4.41. The molecule has 0 atom stereocenters. The Morgan fingerprint density at radius 1 is 1.06 bits per heavy atom. The summed E-state index contributed by atoms with van der Waals surface area (Å²) < 4.78 is 25.0. The molecule has 0 radical (unpaired) electrons. The lowest BCUT2D eigenvalue weighted by molar-refractivity contribution is 0.601. The number of halogens is 1. The van der Waals surface area contributed by atoms with Gasteiger partial charge in [0.05, 0.1) is 16.8 Å². The zero-order chi connectivity index (χ0) is 24.5. The molecule has 0 aliphatic heterocycles. The van der Waals surface area contributed by atoms with Crippen molar-refractivity contribution in [3.05, 3.63) is 60.3 Å². The number of aryl methyl sites for hydroxylation is 1. The Morgan fingerprint density at radius 2 is 1.77 bits per heavy atom. The van der Waals surface area contributed by atoms with Crippen molar-refractivity contribution in [3.63, 3.8) is 0 Å². The second kappa shape index (κ2) is 10.5. The highest BCUT2D eigenvalue weighted by atomic mass is 35.5. The van der Waals surface area contributed by atoms with E-state index in [1.807, 2.05) is 53.9 Å². The lowest BCUT2D eigenvalue weighted by Gasteiger charge is -2.19. The zero-order valence-corrected chi connectivity index (χ0v) is 22.0. The summed E-state index contributed by atoms with van der Waals surface area (Å²) >= 11 is 0. The number of hydrogen-bond acceptors (Lipinski definition) is 8. The fourth-order valence-corrected chi connectivity index (χ4v) is 4.43. The van der Waals surface area contributed by atoms with E-state index >= 15 is 0 Å². The van der Waals surface area contributed by atoms with Gasteiger partial charge in [-0.1, -0.05) is 12.1 Å². The molecule has 0 aliphatic carbocycles. The van der Waals surface area contributed by atoms with Crippen molar-refractivity contribution in [3.8, 4) is 0 Å². The van der Waals surface area contributed by atoms with Gasteiger partial charge in [0.1, 0.15) is 5.82 Å². The maximum atomic E-state index is 11.5. The van der Waals surface area contributed by atoms with Gasteiger partial charge in [-0.05, 0) is 55.8 Å². The maximum Gasteiger partial charge on any atom is 0.229 e. The Balaban J connectivity index is 0.00000342. The highest BCUT2D eigenvalue weighted by Gasteiger charge is 2.13. The Kier molecular flexibility index (Phi) is 7.86. The molecule has 2 aromatic carbocycles. The Hall–Kier alpha value is -3.37. The van der Waals surface area contributed by atoms with Crippen LogP contribution in [0.3, 0.4) is 0 Å². The molecule has 0 spiro atoms. The van der Waals surface area contributed by atoms with Crippen molar-refractivity contribution >= 4 is 62.4 Å². The van der Waals surface area contributed by atoms with E-state index in [1.54, 1.807) is 18.3 Å². The van der Waals surface area contributed by atoms with Crippen LogP contribution in [0.15, 0.2) is 54.7 Å². The molecule has 2 aromatic heterocycles. The minimum atomic E-state index is -3.07. The average molecular weight is 516 g/mol. The highest BCUT2D eigenvalue weighted by Crippen LogP contribution is 2.28. The fraction of sp³-hybridized carbons (Fsp3) is 0.292. The number of anilines is 5. The van der Waals surface area contributed by atoms with Crippen molar-refractivity contribution in [2.75, 3.05) is 28.8 Å². The molecule has 2 N–H and O–H groups in total. The summed E-state index contributed by atoms with van der Waals surface area (Å²) in [4.78, 5) is 15.7. The van der Waals surface area contributed by atoms with Crippen LogP contribution in [0.4, 0.5) is 29.1 Å². The Labute approximate surface area is 211 Å². The van der Waals surface area contributed by atoms with Crippen LogP contribution < -0.4 is 15.5 Å². The topological polar surface area (TPSA) is 105 Å². The lowest BCUT2D eigenvalue weighted by atomic mass is 10.2. The van der Waals surface area contributed by atoms with Gasteiger partial charge in [0.2, 0.25) is 11.9 Å². The predicted octanol–water partition coefficient (Wildman–Crippen LogP) is 4.66. The predicted molar refractivity (Wildman–Crippen MR) is 145 cm³/mol. The molecule has 4 aromatic rings. The van der Waals surface area contributed by atoms with Crippen LogP contribution in [0.5, 0.6) is 0 Å². The van der Waals surface area contributed by atoms with Crippen LogP contribution in [-0.4, -0.2) is 47.3 Å². The first kappa shape index (κ1) is 26.2. The van der Waals surface area contributed by atoms with E-state index in [0.29, 0.717) is 12.0 Å². The Morgan fingerprint density at radius 3 is 2.43 bits per heavy atom. The molecule has 35 heavy (non-hydrogen) atoms. The summed E-state index contributed by atoms with van der Waals surface area (Å²) in [6.07, 6.45) is 2.92. The fourth-order valence-electron chi connectivity index (χ4n) is 3.63. The number of nitrogens with one attached hydrogen (secondary N) is 2. The minimum absolute atomic E-state index is 0. The second-order valence-corrected chi connectivity index (χ2v) is 10.8. The molecule has 0 amide bonds. The highest BCUT2D eigenvalue weighted by molar-refractivity contribution is 7.89. The van der Waals surface area contributed by atoms with Crippen LogP contribution in [0, 0.1) is 0 Å². The van der Waals surface area contributed by atoms with Crippen LogP contribution in [0.25, 0.3) is 11.0 Å². The summed E-state index contributed by atoms with van der Waals surface area (Å²) in [6.45, 7) is 4.17. The van der Waals surface area contributed by atoms with Crippen molar-refractivity contribution in [2.45, 2.75) is 25.6 Å². The number of hydrogen-bond donors (Lipinski definition) is 2. The number of imidazole rings is 1. The van der Waals surface area contributed by atoms with E-state index in [2.05, 4.69) is 40.5 Å². The summed E-state index contributed by atoms with van der Waals surface area (Å²) in [5, 5.41) is 6.54.